The van der Waals surface area contributed by atoms with E-state index in [1.165, 1.54) is 0 Å². The first kappa shape index (κ1) is 30.5. The Bertz CT molecular complexity index is 1300. The van der Waals surface area contributed by atoms with Crippen molar-refractivity contribution in [1.29, 1.82) is 0 Å². The molecular weight excluding hydrogens is 582 g/mol. The summed E-state index contributed by atoms with van der Waals surface area (Å²) in [5.74, 6) is 0.837. The Balaban J connectivity index is 1.68. The molecule has 0 saturated heterocycles. The van der Waals surface area contributed by atoms with Crippen LogP contribution in [-0.2, 0) is 9.53 Å². The maximum atomic E-state index is 14.0. The third-order valence-electron chi connectivity index (χ3n) is 6.85. The predicted octanol–water partition coefficient (Wildman–Crippen LogP) is 6.38. The summed E-state index contributed by atoms with van der Waals surface area (Å²) in [6.45, 7) is 3.33. The molecule has 0 aromatic heterocycles. The van der Waals surface area contributed by atoms with Crippen molar-refractivity contribution in [3.63, 3.8) is 0 Å². The smallest absolute Gasteiger partial charge is 0.266 e. The van der Waals surface area contributed by atoms with E-state index in [0.29, 0.717) is 37.6 Å². The van der Waals surface area contributed by atoms with Crippen LogP contribution in [-0.4, -0.2) is 42.2 Å². The van der Waals surface area contributed by atoms with Crippen LogP contribution in [0.1, 0.15) is 61.8 Å². The van der Waals surface area contributed by atoms with E-state index in [9.17, 15) is 4.79 Å². The lowest BCUT2D eigenvalue weighted by Crippen LogP contribution is -2.52. The van der Waals surface area contributed by atoms with E-state index in [2.05, 4.69) is 33.7 Å². The summed E-state index contributed by atoms with van der Waals surface area (Å²) in [4.78, 5) is 19.1. The molecule has 0 unspecified atom stereocenters. The van der Waals surface area contributed by atoms with Crippen LogP contribution in [0, 0.1) is 0 Å². The van der Waals surface area contributed by atoms with Gasteiger partial charge in [-0.3, -0.25) is 10.2 Å². The number of rotatable bonds is 15. The van der Waals surface area contributed by atoms with Gasteiger partial charge in [0, 0.05) is 36.0 Å². The molecule has 0 spiro atoms. The zero-order valence-electron chi connectivity index (χ0n) is 23.4. The number of aliphatic imine (C=N–C) groups is 1. The Morgan fingerprint density at radius 1 is 1.05 bits per heavy atom. The number of unbranched alkanes of at least 4 members (excludes halogenated alkanes) is 2. The molecule has 3 aromatic rings. The number of nitrogens with one attached hydrogen (secondary N) is 2. The van der Waals surface area contributed by atoms with Crippen molar-refractivity contribution in [2.75, 3.05) is 19.8 Å². The first-order chi connectivity index (χ1) is 20.1. The van der Waals surface area contributed by atoms with E-state index in [1.54, 1.807) is 0 Å². The Kier molecular flexibility index (Phi) is 11.5. The second-order valence-corrected chi connectivity index (χ2v) is 10.9. The van der Waals surface area contributed by atoms with Crippen LogP contribution in [0.5, 0.6) is 5.75 Å². The highest BCUT2D eigenvalue weighted by atomic mass is 79.9. The molecule has 1 aliphatic heterocycles. The Morgan fingerprint density at radius 3 is 2.51 bits per heavy atom. The Morgan fingerprint density at radius 2 is 1.80 bits per heavy atom. The summed E-state index contributed by atoms with van der Waals surface area (Å²) in [5.41, 5.74) is 7.44. The van der Waals surface area contributed by atoms with E-state index >= 15 is 0 Å². The quantitative estimate of drug-likeness (QED) is 0.136. The summed E-state index contributed by atoms with van der Waals surface area (Å²) in [6.07, 6.45) is 7.39. The number of hydrogen-bond acceptors (Lipinski definition) is 6. The van der Waals surface area contributed by atoms with Crippen LogP contribution in [0.25, 0.3) is 6.08 Å². The molecule has 1 aliphatic rings. The monoisotopic (exact) mass is 619 g/mol. The van der Waals surface area contributed by atoms with E-state index < -0.39 is 11.6 Å². The summed E-state index contributed by atoms with van der Waals surface area (Å²) in [5, 5.41) is 9.02. The van der Waals surface area contributed by atoms with Crippen molar-refractivity contribution in [2.45, 2.75) is 50.7 Å². The number of carbonyl (C=O) groups excluding carboxylic acids is 1. The second-order valence-electron chi connectivity index (χ2n) is 9.95. The first-order valence-corrected chi connectivity index (χ1v) is 15.0. The lowest BCUT2D eigenvalue weighted by atomic mass is 9.84. The number of aliphatic hydroxyl groups excluding tert-OH is 1. The minimum absolute atomic E-state index is 0.0799. The van der Waals surface area contributed by atoms with Crippen molar-refractivity contribution in [1.82, 2.24) is 10.9 Å². The van der Waals surface area contributed by atoms with Crippen LogP contribution < -0.4 is 15.6 Å². The number of amides is 1. The molecule has 41 heavy (non-hydrogen) atoms. The van der Waals surface area contributed by atoms with Gasteiger partial charge < -0.3 is 14.6 Å². The summed E-state index contributed by atoms with van der Waals surface area (Å²) in [6, 6.07) is 25.3. The minimum Gasteiger partial charge on any atom is -0.494 e. The molecule has 0 bridgehead atoms. The van der Waals surface area contributed by atoms with E-state index in [0.717, 1.165) is 40.4 Å². The van der Waals surface area contributed by atoms with E-state index in [-0.39, 0.29) is 12.5 Å². The zero-order chi connectivity index (χ0) is 28.9. The van der Waals surface area contributed by atoms with Gasteiger partial charge in [0.15, 0.2) is 11.6 Å². The van der Waals surface area contributed by atoms with Gasteiger partial charge in [0.1, 0.15) is 5.75 Å². The molecule has 3 N–H and O–H groups in total. The number of benzene rings is 3. The molecule has 7 nitrogen and oxygen atoms in total. The normalized spacial score (nSPS) is 18.2. The molecule has 0 saturated carbocycles. The number of aliphatic hydroxyl groups is 1. The maximum Gasteiger partial charge on any atom is 0.266 e. The molecule has 3 aromatic carbocycles. The minimum atomic E-state index is -1.25. The van der Waals surface area contributed by atoms with Gasteiger partial charge in [-0.25, -0.2) is 10.4 Å². The second kappa shape index (κ2) is 15.5. The van der Waals surface area contributed by atoms with Crippen LogP contribution in [0.15, 0.2) is 94.4 Å². The average molecular weight is 621 g/mol. The van der Waals surface area contributed by atoms with Gasteiger partial charge in [0.05, 0.1) is 6.61 Å². The fourth-order valence-corrected chi connectivity index (χ4v) is 4.87. The lowest BCUT2D eigenvalue weighted by molar-refractivity contribution is -0.129. The summed E-state index contributed by atoms with van der Waals surface area (Å²) >= 11 is 3.52. The molecule has 4 rings (SSSR count). The van der Waals surface area contributed by atoms with Gasteiger partial charge in [-0.2, -0.15) is 0 Å². The highest BCUT2D eigenvalue weighted by Crippen LogP contribution is 2.43. The highest BCUT2D eigenvalue weighted by Gasteiger charge is 2.52. The molecule has 8 heteroatoms. The van der Waals surface area contributed by atoms with E-state index in [1.807, 2.05) is 91.0 Å². The zero-order valence-corrected chi connectivity index (χ0v) is 25.0. The molecule has 1 amide bonds. The van der Waals surface area contributed by atoms with Gasteiger partial charge in [0.2, 0.25) is 5.90 Å². The van der Waals surface area contributed by atoms with Gasteiger partial charge in [-0.15, -0.1) is 0 Å². The van der Waals surface area contributed by atoms with Crippen LogP contribution in [0.4, 0.5) is 0 Å². The number of carbonyl (C=O) groups is 1. The Labute approximate surface area is 250 Å². The van der Waals surface area contributed by atoms with Crippen LogP contribution >= 0.6 is 15.9 Å². The van der Waals surface area contributed by atoms with Crippen molar-refractivity contribution < 1.29 is 19.4 Å². The maximum absolute atomic E-state index is 14.0. The number of hydrazine groups is 1. The third kappa shape index (κ3) is 8.28. The molecule has 1 heterocycles. The molecule has 216 valence electrons. The van der Waals surface area contributed by atoms with Crippen molar-refractivity contribution >= 4 is 33.8 Å². The van der Waals surface area contributed by atoms with Crippen LogP contribution in [0.2, 0.25) is 0 Å². The SMILES string of the molecule is CCCCCNNC(=O)[C@@]1(C/C=C/c2ccccc2)N=C(c2ccc(OCCCO)cc2)O[C@H]1c1ccc(Br)cc1. The average Bonchev–Trinajstić information content (AvgIpc) is 3.39. The standard InChI is InChI=1S/C33H38BrN3O4/c1-2-3-7-22-35-37-32(39)33(21-8-12-25-10-5-4-6-11-25)30(26-13-17-28(34)18-14-26)41-31(36-33)27-15-19-29(20-16-27)40-24-9-23-38/h4-6,8,10-20,30,35,38H,2-3,7,9,21-24H2,1H3,(H,37,39)/b12-8+/t30-,33-/m0/s1. The molecule has 0 aliphatic carbocycles. The Hall–Kier alpha value is -3.46. The van der Waals surface area contributed by atoms with Gasteiger partial charge in [-0.05, 0) is 53.9 Å². The van der Waals surface area contributed by atoms with Crippen molar-refractivity contribution in [3.8, 4) is 5.75 Å². The molecule has 0 fully saturated rings. The predicted molar refractivity (Wildman–Crippen MR) is 167 cm³/mol. The summed E-state index contributed by atoms with van der Waals surface area (Å²) < 4.78 is 13.2. The number of ether oxygens (including phenoxy) is 2. The van der Waals surface area contributed by atoms with Crippen molar-refractivity contribution in [2.24, 2.45) is 4.99 Å². The number of hydrogen-bond donors (Lipinski definition) is 3. The van der Waals surface area contributed by atoms with E-state index in [4.69, 9.17) is 19.6 Å². The topological polar surface area (TPSA) is 92.2 Å². The number of nitrogens with zero attached hydrogens (tertiary/aromatic N) is 1. The van der Waals surface area contributed by atoms with Gasteiger partial charge in [0.25, 0.3) is 5.91 Å². The summed E-state index contributed by atoms with van der Waals surface area (Å²) in [7, 11) is 0. The highest BCUT2D eigenvalue weighted by molar-refractivity contribution is 9.10. The molecule has 0 radical (unpaired) electrons. The molecule has 2 atom stereocenters. The third-order valence-corrected chi connectivity index (χ3v) is 7.38. The number of halogens is 1. The van der Waals surface area contributed by atoms with Gasteiger partial charge in [-0.1, -0.05) is 90.3 Å². The van der Waals surface area contributed by atoms with Gasteiger partial charge >= 0.3 is 0 Å². The fraction of sp³-hybridized carbons (Fsp3) is 0.333. The van der Waals surface area contributed by atoms with Crippen molar-refractivity contribution in [3.05, 3.63) is 106 Å². The lowest BCUT2D eigenvalue weighted by Gasteiger charge is -2.30. The molecular formula is C33H38BrN3O4. The largest absolute Gasteiger partial charge is 0.494 e. The fourth-order valence-electron chi connectivity index (χ4n) is 4.61. The first-order valence-electron chi connectivity index (χ1n) is 14.2. The van der Waals surface area contributed by atoms with Crippen LogP contribution in [0.3, 0.4) is 0 Å².